The first-order valence-electron chi connectivity index (χ1n) is 4.98. The lowest BCUT2D eigenvalue weighted by Gasteiger charge is -2.01. The minimum atomic E-state index is 0.0497. The number of benzene rings is 1. The molecule has 3 nitrogen and oxygen atoms in total. The van der Waals surface area contributed by atoms with Crippen LogP contribution in [0.5, 0.6) is 0 Å². The maximum atomic E-state index is 5.94. The van der Waals surface area contributed by atoms with Crippen molar-refractivity contribution in [2.24, 2.45) is 0 Å². The first-order chi connectivity index (χ1) is 8.56. The molecule has 1 aromatic carbocycles. The number of nitrogens with zero attached hydrogens (tertiary/aromatic N) is 2. The molecule has 0 aliphatic rings. The second kappa shape index (κ2) is 5.57. The van der Waals surface area contributed by atoms with Gasteiger partial charge in [-0.25, -0.2) is 9.97 Å². The molecule has 2 rings (SSSR count). The molecule has 0 amide bonds. The first-order valence-corrected chi connectivity index (χ1v) is 6.12. The number of hydrogen-bond donors (Lipinski definition) is 1. The number of hydrogen-bond acceptors (Lipinski definition) is 3. The van der Waals surface area contributed by atoms with Crippen LogP contribution in [0.1, 0.15) is 11.1 Å². The molecule has 0 unspecified atom stereocenters. The predicted octanol–water partition coefficient (Wildman–Crippen LogP) is 4.19. The summed E-state index contributed by atoms with van der Waals surface area (Å²) in [6.45, 7) is 0. The van der Waals surface area contributed by atoms with Crippen LogP contribution < -0.4 is 5.73 Å². The van der Waals surface area contributed by atoms with Gasteiger partial charge in [-0.1, -0.05) is 53.0 Å². The quantitative estimate of drug-likeness (QED) is 0.846. The van der Waals surface area contributed by atoms with Crippen LogP contribution in [0.15, 0.2) is 24.3 Å². The summed E-state index contributed by atoms with van der Waals surface area (Å²) in [6.07, 6.45) is 3.57. The minimum absolute atomic E-state index is 0.0497. The number of nitrogen functional groups attached to an aromatic ring is 1. The van der Waals surface area contributed by atoms with E-state index in [2.05, 4.69) is 9.97 Å². The lowest BCUT2D eigenvalue weighted by molar-refractivity contribution is 1.18. The molecular formula is C12H8Cl3N3. The summed E-state index contributed by atoms with van der Waals surface area (Å²) in [5.41, 5.74) is 6.91. The molecule has 92 valence electrons. The normalized spacial score (nSPS) is 11.1. The van der Waals surface area contributed by atoms with Crippen LogP contribution in [0, 0.1) is 0 Å². The lowest BCUT2D eigenvalue weighted by atomic mass is 10.2. The Bertz CT molecular complexity index is 571. The van der Waals surface area contributed by atoms with Crippen molar-refractivity contribution >= 4 is 52.9 Å². The third kappa shape index (κ3) is 3.13. The van der Waals surface area contributed by atoms with Gasteiger partial charge in [0.25, 0.3) is 0 Å². The fourth-order valence-electron chi connectivity index (χ4n) is 1.32. The number of nitrogens with two attached hydrogens (primary N) is 1. The predicted molar refractivity (Wildman–Crippen MR) is 76.8 cm³/mol. The molecule has 0 saturated carbocycles. The molecule has 0 fully saturated rings. The monoisotopic (exact) mass is 299 g/mol. The molecule has 0 bridgehead atoms. The zero-order chi connectivity index (χ0) is 13.1. The van der Waals surface area contributed by atoms with E-state index < -0.39 is 0 Å². The van der Waals surface area contributed by atoms with Gasteiger partial charge in [-0.2, -0.15) is 0 Å². The molecule has 1 aromatic heterocycles. The second-order valence-electron chi connectivity index (χ2n) is 3.46. The number of anilines is 1. The number of halogens is 3. The van der Waals surface area contributed by atoms with Gasteiger partial charge in [0.15, 0.2) is 0 Å². The molecule has 2 aromatic rings. The summed E-state index contributed by atoms with van der Waals surface area (Å²) in [5.74, 6) is 0.0497. The Balaban J connectivity index is 2.31. The Morgan fingerprint density at radius 3 is 2.00 bits per heavy atom. The Labute approximate surface area is 119 Å². The summed E-state index contributed by atoms with van der Waals surface area (Å²) < 4.78 is 0. The van der Waals surface area contributed by atoms with Crippen LogP contribution in [0.4, 0.5) is 5.95 Å². The van der Waals surface area contributed by atoms with Crippen molar-refractivity contribution in [1.82, 2.24) is 9.97 Å². The van der Waals surface area contributed by atoms with E-state index in [0.717, 1.165) is 5.56 Å². The van der Waals surface area contributed by atoms with E-state index >= 15 is 0 Å². The maximum absolute atomic E-state index is 5.94. The zero-order valence-corrected chi connectivity index (χ0v) is 11.3. The van der Waals surface area contributed by atoms with Gasteiger partial charge < -0.3 is 5.73 Å². The van der Waals surface area contributed by atoms with E-state index in [0.29, 0.717) is 10.6 Å². The average Bonchev–Trinajstić information content (AvgIpc) is 2.30. The molecule has 0 radical (unpaired) electrons. The van der Waals surface area contributed by atoms with E-state index in [4.69, 9.17) is 40.5 Å². The Kier molecular flexibility index (Phi) is 4.07. The number of rotatable bonds is 2. The van der Waals surface area contributed by atoms with Crippen LogP contribution in [-0.4, -0.2) is 9.97 Å². The van der Waals surface area contributed by atoms with Crippen molar-refractivity contribution in [2.45, 2.75) is 0 Å². The van der Waals surface area contributed by atoms with Gasteiger partial charge >= 0.3 is 0 Å². The smallest absolute Gasteiger partial charge is 0.222 e. The van der Waals surface area contributed by atoms with Gasteiger partial charge in [0.1, 0.15) is 10.3 Å². The highest BCUT2D eigenvalue weighted by atomic mass is 35.5. The SMILES string of the molecule is Nc1nc(Cl)c(C=Cc2ccc(Cl)cc2)c(Cl)n1. The highest BCUT2D eigenvalue weighted by molar-refractivity contribution is 6.36. The van der Waals surface area contributed by atoms with Gasteiger partial charge in [-0.15, -0.1) is 0 Å². The van der Waals surface area contributed by atoms with Crippen molar-refractivity contribution in [3.63, 3.8) is 0 Å². The molecule has 2 N–H and O–H groups in total. The molecule has 0 atom stereocenters. The van der Waals surface area contributed by atoms with Gasteiger partial charge in [0.2, 0.25) is 5.95 Å². The Morgan fingerprint density at radius 2 is 1.44 bits per heavy atom. The van der Waals surface area contributed by atoms with E-state index in [9.17, 15) is 0 Å². The Hall–Kier alpha value is -1.29. The molecule has 18 heavy (non-hydrogen) atoms. The van der Waals surface area contributed by atoms with Crippen LogP contribution in [-0.2, 0) is 0 Å². The topological polar surface area (TPSA) is 51.8 Å². The van der Waals surface area contributed by atoms with E-state index in [-0.39, 0.29) is 16.3 Å². The largest absolute Gasteiger partial charge is 0.368 e. The van der Waals surface area contributed by atoms with Crippen molar-refractivity contribution in [2.75, 3.05) is 5.73 Å². The number of aromatic nitrogens is 2. The molecule has 0 aliphatic carbocycles. The third-order valence-electron chi connectivity index (χ3n) is 2.18. The van der Waals surface area contributed by atoms with Gasteiger partial charge in [0, 0.05) is 10.6 Å². The molecule has 0 saturated heterocycles. The maximum Gasteiger partial charge on any atom is 0.222 e. The highest BCUT2D eigenvalue weighted by Gasteiger charge is 2.06. The summed E-state index contributed by atoms with van der Waals surface area (Å²) >= 11 is 17.7. The van der Waals surface area contributed by atoms with Crippen LogP contribution in [0.3, 0.4) is 0 Å². The molecular weight excluding hydrogens is 293 g/mol. The summed E-state index contributed by atoms with van der Waals surface area (Å²) in [4.78, 5) is 7.67. The first kappa shape index (κ1) is 13.1. The van der Waals surface area contributed by atoms with E-state index in [1.165, 1.54) is 0 Å². The van der Waals surface area contributed by atoms with Crippen molar-refractivity contribution in [3.8, 4) is 0 Å². The van der Waals surface area contributed by atoms with Gasteiger partial charge in [0.05, 0.1) is 0 Å². The van der Waals surface area contributed by atoms with E-state index in [1.54, 1.807) is 18.2 Å². The minimum Gasteiger partial charge on any atom is -0.368 e. The molecule has 1 heterocycles. The summed E-state index contributed by atoms with van der Waals surface area (Å²) in [6, 6.07) is 7.34. The second-order valence-corrected chi connectivity index (χ2v) is 4.61. The lowest BCUT2D eigenvalue weighted by Crippen LogP contribution is -1.97. The van der Waals surface area contributed by atoms with Gasteiger partial charge in [-0.05, 0) is 23.8 Å². The third-order valence-corrected chi connectivity index (χ3v) is 3.01. The molecule has 0 aliphatic heterocycles. The Morgan fingerprint density at radius 1 is 0.889 bits per heavy atom. The zero-order valence-electron chi connectivity index (χ0n) is 9.07. The van der Waals surface area contributed by atoms with Crippen LogP contribution in [0.25, 0.3) is 12.2 Å². The van der Waals surface area contributed by atoms with Crippen molar-refractivity contribution in [1.29, 1.82) is 0 Å². The summed E-state index contributed by atoms with van der Waals surface area (Å²) in [5, 5.41) is 1.12. The van der Waals surface area contributed by atoms with E-state index in [1.807, 2.05) is 18.2 Å². The fraction of sp³-hybridized carbons (Fsp3) is 0. The van der Waals surface area contributed by atoms with Crippen molar-refractivity contribution < 1.29 is 0 Å². The van der Waals surface area contributed by atoms with Crippen LogP contribution >= 0.6 is 34.8 Å². The van der Waals surface area contributed by atoms with Crippen molar-refractivity contribution in [3.05, 3.63) is 50.7 Å². The molecule has 6 heteroatoms. The van der Waals surface area contributed by atoms with Gasteiger partial charge in [-0.3, -0.25) is 0 Å². The standard InChI is InChI=1S/C12H8Cl3N3/c13-8-4-1-7(2-5-8)3-6-9-10(14)17-12(16)18-11(9)15/h1-6H,(H2,16,17,18). The molecule has 0 spiro atoms. The summed E-state index contributed by atoms with van der Waals surface area (Å²) in [7, 11) is 0. The average molecular weight is 301 g/mol. The van der Waals surface area contributed by atoms with Crippen LogP contribution in [0.2, 0.25) is 15.3 Å². The highest BCUT2D eigenvalue weighted by Crippen LogP contribution is 2.24. The fourth-order valence-corrected chi connectivity index (χ4v) is 1.98.